The van der Waals surface area contributed by atoms with Gasteiger partial charge in [-0.05, 0) is 36.2 Å². The maximum Gasteiger partial charge on any atom is 0.327 e. The molecule has 8 nitrogen and oxygen atoms in total. The summed E-state index contributed by atoms with van der Waals surface area (Å²) in [6, 6.07) is 14.9. The van der Waals surface area contributed by atoms with Crippen LogP contribution in [0.1, 0.15) is 36.6 Å². The van der Waals surface area contributed by atoms with Crippen LogP contribution in [-0.4, -0.2) is 86.3 Å². The summed E-state index contributed by atoms with van der Waals surface area (Å²) < 4.78 is 0. The third kappa shape index (κ3) is 7.04. The average molecular weight is 570 g/mol. The van der Waals surface area contributed by atoms with E-state index >= 15 is 0 Å². The van der Waals surface area contributed by atoms with Gasteiger partial charge >= 0.3 is 5.97 Å². The lowest BCUT2D eigenvalue weighted by Crippen LogP contribution is -2.57. The van der Waals surface area contributed by atoms with E-state index in [1.807, 2.05) is 73.3 Å². The summed E-state index contributed by atoms with van der Waals surface area (Å²) in [7, 11) is 0. The first kappa shape index (κ1) is 29.2. The van der Waals surface area contributed by atoms with E-state index in [4.69, 9.17) is 0 Å². The molecule has 39 heavy (non-hydrogen) atoms. The van der Waals surface area contributed by atoms with Gasteiger partial charge in [0.15, 0.2) is 0 Å². The molecule has 2 aromatic carbocycles. The van der Waals surface area contributed by atoms with Crippen molar-refractivity contribution in [1.82, 2.24) is 15.1 Å². The molecule has 2 N–H and O–H groups in total. The zero-order chi connectivity index (χ0) is 27.9. The Morgan fingerprint density at radius 3 is 2.46 bits per heavy atom. The standard InChI is InChI=1S/C29H35N3O5S2/c1-3-31(4-2)16-26(33)39-25(14-19-10-6-5-7-11-19)27(34)30-22-15-20-12-8-9-13-21(20)23-17-38-18-24(29(36)37)32(23)28(22)35/h5-13,22-25H,3-4,14-18H2,1-2H3,(H,30,34)(H,36,37)/t22-,23+,24-,25+/m1/s1. The predicted molar refractivity (Wildman–Crippen MR) is 155 cm³/mol. The van der Waals surface area contributed by atoms with Crippen molar-refractivity contribution in [1.29, 1.82) is 0 Å². The van der Waals surface area contributed by atoms with Crippen molar-refractivity contribution in [2.24, 2.45) is 0 Å². The largest absolute Gasteiger partial charge is 0.480 e. The molecule has 0 saturated carbocycles. The van der Waals surface area contributed by atoms with Gasteiger partial charge < -0.3 is 15.3 Å². The number of likely N-dealkylation sites (N-methyl/N-ethyl adjacent to an activating group) is 1. The number of hydrogen-bond acceptors (Lipinski definition) is 7. The quantitative estimate of drug-likeness (QED) is 0.450. The normalized spacial score (nSPS) is 21.5. The molecule has 0 radical (unpaired) electrons. The summed E-state index contributed by atoms with van der Waals surface area (Å²) in [6.45, 7) is 5.67. The van der Waals surface area contributed by atoms with Crippen molar-refractivity contribution in [3.05, 3.63) is 71.3 Å². The Morgan fingerprint density at radius 2 is 1.77 bits per heavy atom. The van der Waals surface area contributed by atoms with Crippen LogP contribution in [0.5, 0.6) is 0 Å². The van der Waals surface area contributed by atoms with Crippen LogP contribution in [-0.2, 0) is 32.0 Å². The monoisotopic (exact) mass is 569 g/mol. The van der Waals surface area contributed by atoms with Gasteiger partial charge in [0.1, 0.15) is 12.1 Å². The second kappa shape index (κ2) is 13.5. The molecule has 0 aromatic heterocycles. The first-order chi connectivity index (χ1) is 18.8. The highest BCUT2D eigenvalue weighted by atomic mass is 32.2. The summed E-state index contributed by atoms with van der Waals surface area (Å²) in [6.07, 6.45) is 0.598. The van der Waals surface area contributed by atoms with Gasteiger partial charge in [-0.3, -0.25) is 19.3 Å². The summed E-state index contributed by atoms with van der Waals surface area (Å²) in [5.74, 6) is -0.948. The lowest BCUT2D eigenvalue weighted by atomic mass is 9.98. The van der Waals surface area contributed by atoms with E-state index in [0.717, 1.165) is 41.5 Å². The van der Waals surface area contributed by atoms with Gasteiger partial charge in [-0.2, -0.15) is 11.8 Å². The summed E-state index contributed by atoms with van der Waals surface area (Å²) in [4.78, 5) is 56.2. The third-order valence-electron chi connectivity index (χ3n) is 7.29. The molecule has 0 bridgehead atoms. The molecule has 2 aliphatic heterocycles. The van der Waals surface area contributed by atoms with Crippen LogP contribution in [0, 0.1) is 0 Å². The van der Waals surface area contributed by atoms with E-state index in [0.29, 0.717) is 17.9 Å². The van der Waals surface area contributed by atoms with Crippen molar-refractivity contribution in [3.8, 4) is 0 Å². The number of fused-ring (bicyclic) bond motifs is 3. The number of amides is 2. The Labute approximate surface area is 237 Å². The van der Waals surface area contributed by atoms with E-state index in [-0.39, 0.29) is 24.1 Å². The number of carboxylic acids is 1. The number of carbonyl (C=O) groups is 4. The molecule has 0 unspecified atom stereocenters. The van der Waals surface area contributed by atoms with Crippen LogP contribution in [0.2, 0.25) is 0 Å². The van der Waals surface area contributed by atoms with Gasteiger partial charge in [-0.1, -0.05) is 80.2 Å². The molecule has 10 heteroatoms. The van der Waals surface area contributed by atoms with Crippen LogP contribution in [0.15, 0.2) is 54.6 Å². The number of aliphatic carboxylic acids is 1. The second-order valence-electron chi connectivity index (χ2n) is 9.75. The van der Waals surface area contributed by atoms with Crippen molar-refractivity contribution < 1.29 is 24.3 Å². The molecule has 4 rings (SSSR count). The Bertz CT molecular complexity index is 1190. The number of carbonyl (C=O) groups excluding carboxylic acids is 3. The first-order valence-corrected chi connectivity index (χ1v) is 15.3. The Morgan fingerprint density at radius 1 is 1.08 bits per heavy atom. The number of rotatable bonds is 10. The van der Waals surface area contributed by atoms with Gasteiger partial charge in [0.05, 0.1) is 17.8 Å². The van der Waals surface area contributed by atoms with Crippen molar-refractivity contribution >= 4 is 46.4 Å². The van der Waals surface area contributed by atoms with E-state index in [2.05, 4.69) is 5.32 Å². The Kier molecular flexibility index (Phi) is 10.1. The Hall–Kier alpha value is -2.82. The van der Waals surface area contributed by atoms with E-state index in [9.17, 15) is 24.3 Å². The predicted octanol–water partition coefficient (Wildman–Crippen LogP) is 3.01. The third-order valence-corrected chi connectivity index (χ3v) is 9.45. The maximum atomic E-state index is 13.9. The van der Waals surface area contributed by atoms with Crippen molar-refractivity contribution in [2.75, 3.05) is 31.1 Å². The zero-order valence-electron chi connectivity index (χ0n) is 22.2. The number of thioether (sulfide) groups is 2. The van der Waals surface area contributed by atoms with Crippen LogP contribution >= 0.6 is 23.5 Å². The molecule has 2 amide bonds. The molecule has 4 atom stereocenters. The minimum absolute atomic E-state index is 0.105. The lowest BCUT2D eigenvalue weighted by Gasteiger charge is -2.40. The van der Waals surface area contributed by atoms with Crippen molar-refractivity contribution in [2.45, 2.75) is 50.1 Å². The highest BCUT2D eigenvalue weighted by molar-refractivity contribution is 8.14. The van der Waals surface area contributed by atoms with Gasteiger partial charge in [-0.15, -0.1) is 0 Å². The second-order valence-corrected chi connectivity index (χ2v) is 12.1. The minimum atomic E-state index is -1.05. The van der Waals surface area contributed by atoms with E-state index in [1.54, 1.807) is 0 Å². The van der Waals surface area contributed by atoms with Gasteiger partial charge in [-0.25, -0.2) is 4.79 Å². The van der Waals surface area contributed by atoms with Crippen LogP contribution < -0.4 is 5.32 Å². The topological polar surface area (TPSA) is 107 Å². The SMILES string of the molecule is CCN(CC)CC(=O)S[C@@H](Cc1ccccc1)C(=O)N[C@@H]1Cc2ccccc2[C@@H]2CSC[C@H](C(=O)O)N2C1=O. The summed E-state index contributed by atoms with van der Waals surface area (Å²) in [5, 5.41) is 12.0. The van der Waals surface area contributed by atoms with E-state index < -0.39 is 35.1 Å². The summed E-state index contributed by atoms with van der Waals surface area (Å²) >= 11 is 2.52. The highest BCUT2D eigenvalue weighted by Crippen LogP contribution is 2.38. The molecule has 2 heterocycles. The van der Waals surface area contributed by atoms with Gasteiger partial charge in [0.2, 0.25) is 16.9 Å². The molecule has 2 aliphatic rings. The number of nitrogens with one attached hydrogen (secondary N) is 1. The molecule has 2 aromatic rings. The fourth-order valence-electron chi connectivity index (χ4n) is 5.16. The average Bonchev–Trinajstić information content (AvgIpc) is 3.06. The first-order valence-electron chi connectivity index (χ1n) is 13.3. The van der Waals surface area contributed by atoms with Crippen LogP contribution in [0.3, 0.4) is 0 Å². The number of nitrogens with zero attached hydrogens (tertiary/aromatic N) is 2. The molecule has 208 valence electrons. The fraction of sp³-hybridized carbons (Fsp3) is 0.448. The number of hydrogen-bond donors (Lipinski definition) is 2. The zero-order valence-corrected chi connectivity index (χ0v) is 23.9. The highest BCUT2D eigenvalue weighted by Gasteiger charge is 2.45. The molecule has 1 saturated heterocycles. The number of carboxylic acid groups (broad SMARTS) is 1. The molecule has 1 fully saturated rings. The molecular formula is C29H35N3O5S2. The molecular weight excluding hydrogens is 534 g/mol. The summed E-state index contributed by atoms with van der Waals surface area (Å²) in [5.41, 5.74) is 2.75. The lowest BCUT2D eigenvalue weighted by molar-refractivity contribution is -0.152. The van der Waals surface area contributed by atoms with Crippen LogP contribution in [0.4, 0.5) is 0 Å². The van der Waals surface area contributed by atoms with Crippen LogP contribution in [0.25, 0.3) is 0 Å². The van der Waals surface area contributed by atoms with Gasteiger partial charge in [0.25, 0.3) is 0 Å². The molecule has 0 aliphatic carbocycles. The fourth-order valence-corrected chi connectivity index (χ4v) is 7.41. The number of benzene rings is 2. The Balaban J connectivity index is 1.60. The van der Waals surface area contributed by atoms with Crippen molar-refractivity contribution in [3.63, 3.8) is 0 Å². The smallest absolute Gasteiger partial charge is 0.327 e. The molecule has 0 spiro atoms. The maximum absolute atomic E-state index is 13.9. The minimum Gasteiger partial charge on any atom is -0.480 e. The van der Waals surface area contributed by atoms with Gasteiger partial charge in [0, 0.05) is 17.9 Å². The van der Waals surface area contributed by atoms with E-state index in [1.165, 1.54) is 16.7 Å².